The molecule has 0 bridgehead atoms. The first-order valence-electron chi connectivity index (χ1n) is 6.71. The van der Waals surface area contributed by atoms with E-state index in [4.69, 9.17) is 14.6 Å². The third-order valence-corrected chi connectivity index (χ3v) is 4.06. The number of hydrogen-bond acceptors (Lipinski definition) is 5. The van der Waals surface area contributed by atoms with E-state index in [0.29, 0.717) is 26.3 Å². The summed E-state index contributed by atoms with van der Waals surface area (Å²) in [6.45, 7) is 2.68. The Bertz CT molecular complexity index is 435. The van der Waals surface area contributed by atoms with Crippen molar-refractivity contribution in [1.29, 1.82) is 0 Å². The van der Waals surface area contributed by atoms with Gasteiger partial charge in [-0.2, -0.15) is 8.42 Å². The van der Waals surface area contributed by atoms with E-state index in [1.165, 1.54) is 0 Å². The molecule has 0 aromatic carbocycles. The van der Waals surface area contributed by atoms with Crippen LogP contribution in [0.15, 0.2) is 0 Å². The Morgan fingerprint density at radius 2 is 2.20 bits per heavy atom. The fourth-order valence-electron chi connectivity index (χ4n) is 2.50. The van der Waals surface area contributed by atoms with Gasteiger partial charge < -0.3 is 14.4 Å². The first kappa shape index (κ1) is 15.6. The van der Waals surface area contributed by atoms with Gasteiger partial charge in [0.1, 0.15) is 0 Å². The quantitative estimate of drug-likeness (QED) is 0.652. The molecule has 2 unspecified atom stereocenters. The molecular weight excluding hydrogens is 286 g/mol. The highest BCUT2D eigenvalue weighted by atomic mass is 32.2. The SMILES string of the molecule is NS(=O)(=O)NCC1CCCN(C(=O)C2COCCO2)C1. The molecule has 9 heteroatoms. The topological polar surface area (TPSA) is 111 Å². The van der Waals surface area contributed by atoms with Gasteiger partial charge in [-0.25, -0.2) is 9.86 Å². The van der Waals surface area contributed by atoms with E-state index in [-0.39, 0.29) is 25.0 Å². The lowest BCUT2D eigenvalue weighted by Crippen LogP contribution is -2.50. The first-order chi connectivity index (χ1) is 9.46. The largest absolute Gasteiger partial charge is 0.376 e. The molecule has 0 radical (unpaired) electrons. The monoisotopic (exact) mass is 307 g/mol. The number of carbonyl (C=O) groups is 1. The Balaban J connectivity index is 1.84. The predicted molar refractivity (Wildman–Crippen MR) is 71.0 cm³/mol. The number of piperidine rings is 1. The summed E-state index contributed by atoms with van der Waals surface area (Å²) in [7, 11) is -3.68. The van der Waals surface area contributed by atoms with Gasteiger partial charge in [-0.3, -0.25) is 4.79 Å². The summed E-state index contributed by atoms with van der Waals surface area (Å²) in [6, 6.07) is 0. The van der Waals surface area contributed by atoms with Gasteiger partial charge in [0.2, 0.25) is 0 Å². The average molecular weight is 307 g/mol. The van der Waals surface area contributed by atoms with Crippen molar-refractivity contribution in [3.63, 3.8) is 0 Å². The summed E-state index contributed by atoms with van der Waals surface area (Å²) in [6.07, 6.45) is 1.18. The summed E-state index contributed by atoms with van der Waals surface area (Å²) in [5, 5.41) is 4.91. The molecule has 0 aliphatic carbocycles. The second kappa shape index (κ2) is 6.81. The molecule has 20 heavy (non-hydrogen) atoms. The van der Waals surface area contributed by atoms with Crippen molar-refractivity contribution in [2.24, 2.45) is 11.1 Å². The number of ether oxygens (including phenoxy) is 2. The second-order valence-corrected chi connectivity index (χ2v) is 6.50. The number of nitrogens with zero attached hydrogens (tertiary/aromatic N) is 1. The summed E-state index contributed by atoms with van der Waals surface area (Å²) in [4.78, 5) is 14.0. The predicted octanol–water partition coefficient (Wildman–Crippen LogP) is -1.57. The lowest BCUT2D eigenvalue weighted by molar-refractivity contribution is -0.159. The minimum Gasteiger partial charge on any atom is -0.376 e. The standard InChI is InChI=1S/C11H21N3O5S/c12-20(16,17)13-6-9-2-1-3-14(7-9)11(15)10-8-18-4-5-19-10/h9-10,13H,1-8H2,(H2,12,16,17). The van der Waals surface area contributed by atoms with Gasteiger partial charge >= 0.3 is 0 Å². The Morgan fingerprint density at radius 1 is 1.40 bits per heavy atom. The Kier molecular flexibility index (Phi) is 5.33. The molecule has 2 saturated heterocycles. The average Bonchev–Trinajstić information content (AvgIpc) is 2.45. The van der Waals surface area contributed by atoms with E-state index >= 15 is 0 Å². The molecular formula is C11H21N3O5S. The van der Waals surface area contributed by atoms with Crippen molar-refractivity contribution >= 4 is 16.1 Å². The van der Waals surface area contributed by atoms with Crippen molar-refractivity contribution in [2.45, 2.75) is 18.9 Å². The highest BCUT2D eigenvalue weighted by Gasteiger charge is 2.31. The van der Waals surface area contributed by atoms with Crippen LogP contribution in [0.1, 0.15) is 12.8 Å². The van der Waals surface area contributed by atoms with Crippen molar-refractivity contribution in [2.75, 3.05) is 39.5 Å². The van der Waals surface area contributed by atoms with E-state index < -0.39 is 16.3 Å². The number of amides is 1. The van der Waals surface area contributed by atoms with Crippen molar-refractivity contribution in [3.05, 3.63) is 0 Å². The zero-order valence-corrected chi connectivity index (χ0v) is 12.1. The van der Waals surface area contributed by atoms with E-state index in [2.05, 4.69) is 4.72 Å². The molecule has 8 nitrogen and oxygen atoms in total. The van der Waals surface area contributed by atoms with Crippen molar-refractivity contribution in [1.82, 2.24) is 9.62 Å². The summed E-state index contributed by atoms with van der Waals surface area (Å²) in [5.74, 6) is 0.000500. The maximum Gasteiger partial charge on any atom is 0.274 e. The Labute approximate surface area is 118 Å². The number of hydrogen-bond donors (Lipinski definition) is 2. The molecule has 0 spiro atoms. The van der Waals surface area contributed by atoms with E-state index in [9.17, 15) is 13.2 Å². The lowest BCUT2D eigenvalue weighted by atomic mass is 9.98. The van der Waals surface area contributed by atoms with E-state index in [1.54, 1.807) is 4.90 Å². The number of nitrogens with two attached hydrogens (primary N) is 1. The molecule has 2 fully saturated rings. The van der Waals surface area contributed by atoms with Crippen LogP contribution >= 0.6 is 0 Å². The molecule has 2 heterocycles. The zero-order chi connectivity index (χ0) is 14.6. The first-order valence-corrected chi connectivity index (χ1v) is 8.26. The van der Waals surface area contributed by atoms with Crippen LogP contribution in [0.5, 0.6) is 0 Å². The van der Waals surface area contributed by atoms with Crippen LogP contribution in [0.3, 0.4) is 0 Å². The number of nitrogens with one attached hydrogen (secondary N) is 1. The van der Waals surface area contributed by atoms with Gasteiger partial charge in [-0.05, 0) is 18.8 Å². The number of carbonyl (C=O) groups excluding carboxylic acids is 1. The highest BCUT2D eigenvalue weighted by molar-refractivity contribution is 7.87. The number of rotatable bonds is 4. The molecule has 3 N–H and O–H groups in total. The summed E-state index contributed by atoms with van der Waals surface area (Å²) in [5.41, 5.74) is 0. The zero-order valence-electron chi connectivity index (χ0n) is 11.3. The van der Waals surface area contributed by atoms with Crippen molar-refractivity contribution < 1.29 is 22.7 Å². The Morgan fingerprint density at radius 3 is 2.85 bits per heavy atom. The van der Waals surface area contributed by atoms with Gasteiger partial charge in [-0.1, -0.05) is 0 Å². The normalized spacial score (nSPS) is 28.4. The molecule has 0 aromatic rings. The highest BCUT2D eigenvalue weighted by Crippen LogP contribution is 2.18. The van der Waals surface area contributed by atoms with Crippen LogP contribution in [0.2, 0.25) is 0 Å². The second-order valence-electron chi connectivity index (χ2n) is 5.12. The van der Waals surface area contributed by atoms with Gasteiger partial charge in [0.15, 0.2) is 6.10 Å². The maximum atomic E-state index is 12.3. The summed E-state index contributed by atoms with van der Waals surface area (Å²) < 4.78 is 34.7. The molecule has 1 amide bonds. The van der Waals surface area contributed by atoms with Gasteiger partial charge in [-0.15, -0.1) is 0 Å². The number of likely N-dealkylation sites (tertiary alicyclic amines) is 1. The molecule has 2 aliphatic heterocycles. The third-order valence-electron chi connectivity index (χ3n) is 3.50. The van der Waals surface area contributed by atoms with E-state index in [1.807, 2.05) is 0 Å². The third kappa shape index (κ3) is 4.67. The summed E-state index contributed by atoms with van der Waals surface area (Å²) >= 11 is 0. The minimum atomic E-state index is -3.68. The van der Waals surface area contributed by atoms with Gasteiger partial charge in [0, 0.05) is 19.6 Å². The fraction of sp³-hybridized carbons (Fsp3) is 0.909. The van der Waals surface area contributed by atoms with Crippen LogP contribution in [-0.2, 0) is 24.5 Å². The van der Waals surface area contributed by atoms with Crippen LogP contribution in [0, 0.1) is 5.92 Å². The Hall–Kier alpha value is -0.740. The fourth-order valence-corrected chi connectivity index (χ4v) is 2.97. The smallest absolute Gasteiger partial charge is 0.274 e. The molecule has 0 saturated carbocycles. The maximum absolute atomic E-state index is 12.3. The van der Waals surface area contributed by atoms with Crippen LogP contribution in [-0.4, -0.2) is 64.8 Å². The van der Waals surface area contributed by atoms with Gasteiger partial charge in [0.25, 0.3) is 16.1 Å². The van der Waals surface area contributed by atoms with Crippen LogP contribution in [0.25, 0.3) is 0 Å². The molecule has 2 rings (SSSR count). The molecule has 2 aliphatic rings. The minimum absolute atomic E-state index is 0.0787. The lowest BCUT2D eigenvalue weighted by Gasteiger charge is -2.35. The van der Waals surface area contributed by atoms with Crippen molar-refractivity contribution in [3.8, 4) is 0 Å². The van der Waals surface area contributed by atoms with Crippen LogP contribution < -0.4 is 9.86 Å². The van der Waals surface area contributed by atoms with Crippen LogP contribution in [0.4, 0.5) is 0 Å². The molecule has 2 atom stereocenters. The molecule has 116 valence electrons. The van der Waals surface area contributed by atoms with E-state index in [0.717, 1.165) is 12.8 Å². The van der Waals surface area contributed by atoms with Gasteiger partial charge in [0.05, 0.1) is 19.8 Å². The molecule has 0 aromatic heterocycles.